The summed E-state index contributed by atoms with van der Waals surface area (Å²) in [7, 11) is 0. The Kier molecular flexibility index (Phi) is 7.16. The maximum atomic E-state index is 13.0. The van der Waals surface area contributed by atoms with Crippen molar-refractivity contribution in [2.24, 2.45) is 29.1 Å². The van der Waals surface area contributed by atoms with Crippen LogP contribution in [0.4, 0.5) is 13.2 Å². The van der Waals surface area contributed by atoms with Crippen molar-refractivity contribution < 1.29 is 32.2 Å². The molecule has 7 nitrogen and oxygen atoms in total. The number of nitrogens with one attached hydrogen (secondary N) is 1. The van der Waals surface area contributed by atoms with E-state index in [1.54, 1.807) is 18.3 Å². The Morgan fingerprint density at radius 1 is 1.17 bits per heavy atom. The van der Waals surface area contributed by atoms with Crippen molar-refractivity contribution in [2.45, 2.75) is 51.1 Å². The maximum absolute atomic E-state index is 13.0. The minimum Gasteiger partial charge on any atom is -0.490 e. The molecule has 0 radical (unpaired) electrons. The van der Waals surface area contributed by atoms with E-state index in [0.29, 0.717) is 56.7 Å². The molecule has 0 aromatic carbocycles. The van der Waals surface area contributed by atoms with Crippen LogP contribution in [0.1, 0.15) is 55.4 Å². The van der Waals surface area contributed by atoms with E-state index in [9.17, 15) is 22.8 Å². The molecule has 4 aliphatic rings. The molecule has 0 spiro atoms. The maximum Gasteiger partial charge on any atom is 0.391 e. The van der Waals surface area contributed by atoms with Gasteiger partial charge in [-0.15, -0.1) is 0 Å². The number of amides is 2. The third-order valence-corrected chi connectivity index (χ3v) is 8.55. The number of nitrogens with zero attached hydrogens (tertiary/aromatic N) is 2. The van der Waals surface area contributed by atoms with Gasteiger partial charge in [0.15, 0.2) is 11.4 Å². The molecule has 2 atom stereocenters. The van der Waals surface area contributed by atoms with Gasteiger partial charge >= 0.3 is 6.18 Å². The van der Waals surface area contributed by atoms with Crippen LogP contribution in [0.15, 0.2) is 18.3 Å². The molecule has 2 aliphatic carbocycles. The number of fused-ring (bicyclic) bond motifs is 1. The molecule has 1 aromatic rings. The lowest BCUT2D eigenvalue weighted by atomic mass is 9.81. The van der Waals surface area contributed by atoms with Gasteiger partial charge < -0.3 is 19.7 Å². The van der Waals surface area contributed by atoms with Gasteiger partial charge in [0.25, 0.3) is 5.91 Å². The average molecular weight is 510 g/mol. The summed E-state index contributed by atoms with van der Waals surface area (Å²) in [5, 5.41) is 2.97. The largest absolute Gasteiger partial charge is 0.490 e. The number of hydrogen-bond acceptors (Lipinski definition) is 5. The second-order valence-electron chi connectivity index (χ2n) is 11.0. The van der Waals surface area contributed by atoms with Gasteiger partial charge in [-0.1, -0.05) is 0 Å². The van der Waals surface area contributed by atoms with Crippen LogP contribution in [0.3, 0.4) is 0 Å². The van der Waals surface area contributed by atoms with Crippen molar-refractivity contribution in [3.05, 3.63) is 24.0 Å². The fourth-order valence-corrected chi connectivity index (χ4v) is 6.08. The van der Waals surface area contributed by atoms with E-state index in [-0.39, 0.29) is 41.7 Å². The molecule has 5 rings (SSSR count). The van der Waals surface area contributed by atoms with Crippen molar-refractivity contribution >= 4 is 11.8 Å². The lowest BCUT2D eigenvalue weighted by molar-refractivity contribution is -0.185. The number of rotatable bonds is 7. The third-order valence-electron chi connectivity index (χ3n) is 8.55. The van der Waals surface area contributed by atoms with Crippen molar-refractivity contribution in [1.29, 1.82) is 0 Å². The van der Waals surface area contributed by atoms with Gasteiger partial charge in [-0.05, 0) is 68.9 Å². The van der Waals surface area contributed by atoms with Crippen molar-refractivity contribution in [3.8, 4) is 5.75 Å². The molecule has 2 saturated heterocycles. The number of hydrogen-bond donors (Lipinski definition) is 1. The predicted octanol–water partition coefficient (Wildman–Crippen LogP) is 3.83. The van der Waals surface area contributed by atoms with Crippen LogP contribution < -0.4 is 10.1 Å². The summed E-state index contributed by atoms with van der Waals surface area (Å²) < 4.78 is 50.4. The lowest BCUT2D eigenvalue weighted by Crippen LogP contribution is -2.40. The number of pyridine rings is 1. The zero-order valence-electron chi connectivity index (χ0n) is 20.4. The SMILES string of the molecule is O=C(NCC1CCOCC1)c1ncccc1OCC12CC1CN(C(=O)C1CCC(C(F)(F)F)CC1)C2. The molecule has 198 valence electrons. The van der Waals surface area contributed by atoms with E-state index < -0.39 is 12.1 Å². The Morgan fingerprint density at radius 3 is 2.64 bits per heavy atom. The second kappa shape index (κ2) is 10.2. The molecule has 1 N–H and O–H groups in total. The number of halogens is 3. The highest BCUT2D eigenvalue weighted by atomic mass is 19.4. The van der Waals surface area contributed by atoms with Gasteiger partial charge in [-0.3, -0.25) is 9.59 Å². The summed E-state index contributed by atoms with van der Waals surface area (Å²) in [4.78, 5) is 31.9. The minimum atomic E-state index is -4.17. The highest BCUT2D eigenvalue weighted by Crippen LogP contribution is 2.58. The van der Waals surface area contributed by atoms with Gasteiger partial charge in [-0.2, -0.15) is 13.2 Å². The van der Waals surface area contributed by atoms with Crippen LogP contribution >= 0.6 is 0 Å². The second-order valence-corrected chi connectivity index (χ2v) is 11.0. The number of carbonyl (C=O) groups excluding carboxylic acids is 2. The lowest BCUT2D eigenvalue weighted by Gasteiger charge is -2.32. The van der Waals surface area contributed by atoms with Crippen molar-refractivity contribution in [2.75, 3.05) is 39.5 Å². The normalized spacial score (nSPS) is 30.5. The van der Waals surface area contributed by atoms with Gasteiger partial charge in [0.2, 0.25) is 5.91 Å². The smallest absolute Gasteiger partial charge is 0.391 e. The Hall–Kier alpha value is -2.36. The molecule has 2 aliphatic heterocycles. The van der Waals surface area contributed by atoms with Crippen LogP contribution in [-0.2, 0) is 9.53 Å². The van der Waals surface area contributed by atoms with Crippen LogP contribution in [0.5, 0.6) is 5.75 Å². The molecule has 3 heterocycles. The Bertz CT molecular complexity index is 960. The molecule has 36 heavy (non-hydrogen) atoms. The topological polar surface area (TPSA) is 80.8 Å². The Labute approximate surface area is 209 Å². The van der Waals surface area contributed by atoms with Gasteiger partial charge in [0, 0.05) is 50.4 Å². The van der Waals surface area contributed by atoms with Crippen molar-refractivity contribution in [3.63, 3.8) is 0 Å². The standard InChI is InChI=1S/C26H34F3N3O4/c27-26(28,29)19-5-3-18(4-6-19)24(34)32-14-20-12-25(20,15-32)16-36-21-2-1-9-30-22(21)23(33)31-13-17-7-10-35-11-8-17/h1-2,9,17-20H,3-8,10-16H2,(H,31,33). The first-order chi connectivity index (χ1) is 17.2. The number of likely N-dealkylation sites (tertiary alicyclic amines) is 1. The predicted molar refractivity (Wildman–Crippen MR) is 124 cm³/mol. The van der Waals surface area contributed by atoms with Gasteiger partial charge in [-0.25, -0.2) is 4.98 Å². The number of alkyl halides is 3. The summed E-state index contributed by atoms with van der Waals surface area (Å²) in [6.07, 6.45) is 0.866. The summed E-state index contributed by atoms with van der Waals surface area (Å²) in [6.45, 7) is 3.58. The molecule has 2 saturated carbocycles. The first-order valence-corrected chi connectivity index (χ1v) is 13.0. The van der Waals surface area contributed by atoms with E-state index in [2.05, 4.69) is 10.3 Å². The van der Waals surface area contributed by atoms with E-state index in [4.69, 9.17) is 9.47 Å². The summed E-state index contributed by atoms with van der Waals surface area (Å²) >= 11 is 0. The highest BCUT2D eigenvalue weighted by molar-refractivity contribution is 5.94. The Morgan fingerprint density at radius 2 is 1.92 bits per heavy atom. The van der Waals surface area contributed by atoms with Gasteiger partial charge in [0.05, 0.1) is 12.5 Å². The fraction of sp³-hybridized carbons (Fsp3) is 0.731. The molecular weight excluding hydrogens is 475 g/mol. The van der Waals surface area contributed by atoms with E-state index in [1.165, 1.54) is 0 Å². The van der Waals surface area contributed by atoms with Crippen LogP contribution in [0, 0.1) is 29.1 Å². The van der Waals surface area contributed by atoms with Crippen LogP contribution in [0.2, 0.25) is 0 Å². The first-order valence-electron chi connectivity index (χ1n) is 13.0. The molecule has 10 heteroatoms. The molecule has 2 amide bonds. The number of piperidine rings is 1. The zero-order chi connectivity index (χ0) is 25.3. The average Bonchev–Trinajstić information content (AvgIpc) is 3.45. The monoisotopic (exact) mass is 509 g/mol. The Balaban J connectivity index is 1.12. The number of aromatic nitrogens is 1. The molecule has 1 aromatic heterocycles. The van der Waals surface area contributed by atoms with Crippen LogP contribution in [-0.4, -0.2) is 67.3 Å². The van der Waals surface area contributed by atoms with E-state index in [0.717, 1.165) is 32.5 Å². The third kappa shape index (κ3) is 5.48. The fourth-order valence-electron chi connectivity index (χ4n) is 6.08. The zero-order valence-corrected chi connectivity index (χ0v) is 20.4. The molecular formula is C26H34F3N3O4. The number of ether oxygens (including phenoxy) is 2. The van der Waals surface area contributed by atoms with E-state index in [1.807, 2.05) is 4.90 Å². The van der Waals surface area contributed by atoms with E-state index >= 15 is 0 Å². The molecule has 4 fully saturated rings. The molecule has 0 bridgehead atoms. The summed E-state index contributed by atoms with van der Waals surface area (Å²) in [6, 6.07) is 3.47. The van der Waals surface area contributed by atoms with Crippen LogP contribution in [0.25, 0.3) is 0 Å². The summed E-state index contributed by atoms with van der Waals surface area (Å²) in [5.41, 5.74) is 0.107. The van der Waals surface area contributed by atoms with Gasteiger partial charge in [0.1, 0.15) is 0 Å². The van der Waals surface area contributed by atoms with Crippen molar-refractivity contribution in [1.82, 2.24) is 15.2 Å². The molecule has 2 unspecified atom stereocenters. The minimum absolute atomic E-state index is 0.0169. The summed E-state index contributed by atoms with van der Waals surface area (Å²) in [5.74, 6) is -0.726. The highest BCUT2D eigenvalue weighted by Gasteiger charge is 2.61. The quantitative estimate of drug-likeness (QED) is 0.604. The first kappa shape index (κ1) is 25.3. The number of carbonyl (C=O) groups is 2.